The Labute approximate surface area is 99.3 Å². The second-order valence-corrected chi connectivity index (χ2v) is 4.09. The number of hydrogen-bond donors (Lipinski definition) is 2. The van der Waals surface area contributed by atoms with E-state index in [-0.39, 0.29) is 0 Å². The van der Waals surface area contributed by atoms with Crippen molar-refractivity contribution >= 4 is 5.97 Å². The summed E-state index contributed by atoms with van der Waals surface area (Å²) in [6, 6.07) is 5.30. The van der Waals surface area contributed by atoms with E-state index in [1.807, 2.05) is 26.8 Å². The highest BCUT2D eigenvalue weighted by molar-refractivity contribution is 5.92. The number of aryl methyl sites for hydroxylation is 2. The van der Waals surface area contributed by atoms with Gasteiger partial charge in [0, 0.05) is 11.3 Å². The predicted molar refractivity (Wildman–Crippen MR) is 65.2 cm³/mol. The van der Waals surface area contributed by atoms with Crippen molar-refractivity contribution in [3.05, 3.63) is 40.7 Å². The fourth-order valence-corrected chi connectivity index (χ4v) is 2.09. The molecule has 2 N–H and O–H groups in total. The van der Waals surface area contributed by atoms with Gasteiger partial charge in [-0.2, -0.15) is 5.10 Å². The Hall–Kier alpha value is -2.10. The minimum Gasteiger partial charge on any atom is -0.478 e. The van der Waals surface area contributed by atoms with Crippen LogP contribution < -0.4 is 0 Å². The first kappa shape index (κ1) is 11.4. The van der Waals surface area contributed by atoms with Gasteiger partial charge in [-0.3, -0.25) is 5.10 Å². The zero-order valence-electron chi connectivity index (χ0n) is 10.0. The molecule has 0 radical (unpaired) electrons. The number of H-pyrrole nitrogens is 1. The van der Waals surface area contributed by atoms with E-state index in [0.717, 1.165) is 28.1 Å². The van der Waals surface area contributed by atoms with Crippen LogP contribution in [0.25, 0.3) is 11.1 Å². The summed E-state index contributed by atoms with van der Waals surface area (Å²) >= 11 is 0. The average Bonchev–Trinajstić information content (AvgIpc) is 2.59. The van der Waals surface area contributed by atoms with Gasteiger partial charge in [0.25, 0.3) is 0 Å². The van der Waals surface area contributed by atoms with E-state index in [1.54, 1.807) is 12.1 Å². The molecule has 1 aromatic carbocycles. The van der Waals surface area contributed by atoms with Crippen molar-refractivity contribution in [2.24, 2.45) is 0 Å². The summed E-state index contributed by atoms with van der Waals surface area (Å²) in [6.45, 7) is 5.67. The molecule has 4 nitrogen and oxygen atoms in total. The lowest BCUT2D eigenvalue weighted by atomic mass is 9.95. The van der Waals surface area contributed by atoms with Crippen molar-refractivity contribution in [3.63, 3.8) is 0 Å². The Balaban J connectivity index is 2.69. The van der Waals surface area contributed by atoms with Crippen molar-refractivity contribution in [2.45, 2.75) is 20.8 Å². The highest BCUT2D eigenvalue weighted by Crippen LogP contribution is 2.29. The van der Waals surface area contributed by atoms with Crippen LogP contribution in [0.3, 0.4) is 0 Å². The topological polar surface area (TPSA) is 66.0 Å². The largest absolute Gasteiger partial charge is 0.478 e. The van der Waals surface area contributed by atoms with Gasteiger partial charge in [0.1, 0.15) is 0 Å². The van der Waals surface area contributed by atoms with Crippen LogP contribution in [-0.4, -0.2) is 21.3 Å². The van der Waals surface area contributed by atoms with Crippen molar-refractivity contribution < 1.29 is 9.90 Å². The van der Waals surface area contributed by atoms with E-state index in [4.69, 9.17) is 5.11 Å². The van der Waals surface area contributed by atoms with Crippen LogP contribution in [0, 0.1) is 20.8 Å². The van der Waals surface area contributed by atoms with Crippen LogP contribution in [-0.2, 0) is 0 Å². The quantitative estimate of drug-likeness (QED) is 0.833. The molecule has 0 unspecified atom stereocenters. The third kappa shape index (κ3) is 1.82. The number of rotatable bonds is 2. The van der Waals surface area contributed by atoms with Gasteiger partial charge in [-0.1, -0.05) is 12.1 Å². The van der Waals surface area contributed by atoms with Crippen LogP contribution in [0.1, 0.15) is 27.3 Å². The second kappa shape index (κ2) is 4.05. The van der Waals surface area contributed by atoms with Crippen LogP contribution in [0.2, 0.25) is 0 Å². The molecule has 4 heteroatoms. The first-order valence-corrected chi connectivity index (χ1v) is 5.37. The number of carboxylic acids is 1. The third-order valence-corrected chi connectivity index (χ3v) is 2.96. The molecule has 0 spiro atoms. The van der Waals surface area contributed by atoms with Crippen molar-refractivity contribution in [1.82, 2.24) is 10.2 Å². The fraction of sp³-hybridized carbons (Fsp3) is 0.231. The molecule has 0 atom stereocenters. The Morgan fingerprint density at radius 3 is 2.53 bits per heavy atom. The summed E-state index contributed by atoms with van der Waals surface area (Å²) < 4.78 is 0. The van der Waals surface area contributed by atoms with Crippen molar-refractivity contribution in [2.75, 3.05) is 0 Å². The number of carbonyl (C=O) groups is 1. The lowest BCUT2D eigenvalue weighted by Crippen LogP contribution is -2.01. The summed E-state index contributed by atoms with van der Waals surface area (Å²) in [5.74, 6) is -0.900. The molecule has 0 fully saturated rings. The molecule has 0 amide bonds. The molecular formula is C13H14N2O2. The van der Waals surface area contributed by atoms with Crippen LogP contribution in [0.5, 0.6) is 0 Å². The van der Waals surface area contributed by atoms with Gasteiger partial charge in [-0.05, 0) is 38.0 Å². The minimum atomic E-state index is -0.900. The Kier molecular flexibility index (Phi) is 2.71. The SMILES string of the molecule is Cc1n[nH]c(C)c1-c1cccc(C(=O)O)c1C. The molecule has 0 aliphatic carbocycles. The predicted octanol–water partition coefficient (Wildman–Crippen LogP) is 2.70. The molecule has 2 aromatic rings. The fourth-order valence-electron chi connectivity index (χ4n) is 2.09. The van der Waals surface area contributed by atoms with E-state index in [9.17, 15) is 4.79 Å². The van der Waals surface area contributed by atoms with Crippen molar-refractivity contribution in [3.8, 4) is 11.1 Å². The summed E-state index contributed by atoms with van der Waals surface area (Å²) in [6.07, 6.45) is 0. The highest BCUT2D eigenvalue weighted by Gasteiger charge is 2.15. The Morgan fingerprint density at radius 1 is 1.29 bits per heavy atom. The maximum absolute atomic E-state index is 11.1. The average molecular weight is 230 g/mol. The van der Waals surface area contributed by atoms with Gasteiger partial charge in [-0.15, -0.1) is 0 Å². The van der Waals surface area contributed by atoms with Crippen LogP contribution >= 0.6 is 0 Å². The van der Waals surface area contributed by atoms with Gasteiger partial charge in [0.2, 0.25) is 0 Å². The third-order valence-electron chi connectivity index (χ3n) is 2.96. The molecule has 0 saturated heterocycles. The molecule has 17 heavy (non-hydrogen) atoms. The summed E-state index contributed by atoms with van der Waals surface area (Å²) in [4.78, 5) is 11.1. The van der Waals surface area contributed by atoms with E-state index in [1.165, 1.54) is 0 Å². The second-order valence-electron chi connectivity index (χ2n) is 4.09. The number of aromatic amines is 1. The molecule has 1 aromatic heterocycles. The molecule has 0 saturated carbocycles. The number of aromatic nitrogens is 2. The van der Waals surface area contributed by atoms with Gasteiger partial charge < -0.3 is 5.11 Å². The number of aromatic carboxylic acids is 1. The number of carboxylic acid groups (broad SMARTS) is 1. The lowest BCUT2D eigenvalue weighted by Gasteiger charge is -2.08. The number of hydrogen-bond acceptors (Lipinski definition) is 2. The molecule has 0 aliphatic heterocycles. The standard InChI is InChI=1S/C13H14N2O2/c1-7-10(5-4-6-11(7)13(16)17)12-8(2)14-15-9(12)3/h4-6H,1-3H3,(H,14,15)(H,16,17). The first-order chi connectivity index (χ1) is 8.02. The summed E-state index contributed by atoms with van der Waals surface area (Å²) in [7, 11) is 0. The highest BCUT2D eigenvalue weighted by atomic mass is 16.4. The number of nitrogens with zero attached hydrogens (tertiary/aromatic N) is 1. The molecular weight excluding hydrogens is 216 g/mol. The van der Waals surface area contributed by atoms with Gasteiger partial charge >= 0.3 is 5.97 Å². The van der Waals surface area contributed by atoms with E-state index >= 15 is 0 Å². The lowest BCUT2D eigenvalue weighted by molar-refractivity contribution is 0.0696. The van der Waals surface area contributed by atoms with E-state index in [0.29, 0.717) is 5.56 Å². The Bertz CT molecular complexity index is 566. The molecule has 88 valence electrons. The number of benzene rings is 1. The number of nitrogens with one attached hydrogen (secondary N) is 1. The molecule has 1 heterocycles. The summed E-state index contributed by atoms with van der Waals surface area (Å²) in [5, 5.41) is 16.2. The van der Waals surface area contributed by atoms with Crippen LogP contribution in [0.4, 0.5) is 0 Å². The first-order valence-electron chi connectivity index (χ1n) is 5.37. The molecule has 0 aliphatic rings. The maximum atomic E-state index is 11.1. The monoisotopic (exact) mass is 230 g/mol. The smallest absolute Gasteiger partial charge is 0.335 e. The van der Waals surface area contributed by atoms with Crippen LogP contribution in [0.15, 0.2) is 18.2 Å². The molecule has 2 rings (SSSR count). The normalized spacial score (nSPS) is 10.5. The maximum Gasteiger partial charge on any atom is 0.335 e. The van der Waals surface area contributed by atoms with E-state index < -0.39 is 5.97 Å². The van der Waals surface area contributed by atoms with Gasteiger partial charge in [-0.25, -0.2) is 4.79 Å². The van der Waals surface area contributed by atoms with E-state index in [2.05, 4.69) is 10.2 Å². The zero-order valence-corrected chi connectivity index (χ0v) is 10.0. The van der Waals surface area contributed by atoms with Gasteiger partial charge in [0.15, 0.2) is 0 Å². The zero-order chi connectivity index (χ0) is 12.6. The molecule has 0 bridgehead atoms. The minimum absolute atomic E-state index is 0.336. The summed E-state index contributed by atoms with van der Waals surface area (Å²) in [5.41, 5.74) is 4.86. The van der Waals surface area contributed by atoms with Gasteiger partial charge in [0.05, 0.1) is 11.3 Å². The Morgan fingerprint density at radius 2 is 2.00 bits per heavy atom. The van der Waals surface area contributed by atoms with Crippen molar-refractivity contribution in [1.29, 1.82) is 0 Å².